The van der Waals surface area contributed by atoms with Crippen LogP contribution in [0.5, 0.6) is 0 Å². The van der Waals surface area contributed by atoms with Crippen molar-refractivity contribution in [1.29, 1.82) is 0 Å². The first kappa shape index (κ1) is 11.7. The van der Waals surface area contributed by atoms with Gasteiger partial charge in [0.2, 0.25) is 0 Å². The standard InChI is InChI=1S/C14H24N2/c1-2-4-6-8-10-13(9-7-5-3-1)14-15-11-12-16-14/h11-13H,1-10H2,(H,15,16). The quantitative estimate of drug-likeness (QED) is 0.746. The van der Waals surface area contributed by atoms with Crippen LogP contribution in [0.2, 0.25) is 0 Å². The first-order valence-corrected chi connectivity index (χ1v) is 6.96. The fourth-order valence-corrected chi connectivity index (χ4v) is 2.76. The predicted octanol–water partition coefficient (Wildman–Crippen LogP) is 4.41. The van der Waals surface area contributed by atoms with Crippen LogP contribution < -0.4 is 0 Å². The summed E-state index contributed by atoms with van der Waals surface area (Å²) in [5, 5.41) is 0. The molecule has 0 aliphatic heterocycles. The van der Waals surface area contributed by atoms with Crippen LogP contribution in [0.1, 0.15) is 76.0 Å². The zero-order valence-corrected chi connectivity index (χ0v) is 10.3. The number of hydrogen-bond acceptors (Lipinski definition) is 1. The van der Waals surface area contributed by atoms with Crippen molar-refractivity contribution in [2.75, 3.05) is 0 Å². The summed E-state index contributed by atoms with van der Waals surface area (Å²) in [4.78, 5) is 7.73. The van der Waals surface area contributed by atoms with Gasteiger partial charge in [-0.15, -0.1) is 0 Å². The predicted molar refractivity (Wildman–Crippen MR) is 67.5 cm³/mol. The summed E-state index contributed by atoms with van der Waals surface area (Å²) in [7, 11) is 0. The van der Waals surface area contributed by atoms with Crippen LogP contribution in [0, 0.1) is 0 Å². The van der Waals surface area contributed by atoms with Gasteiger partial charge in [-0.1, -0.05) is 51.4 Å². The molecule has 1 aliphatic rings. The van der Waals surface area contributed by atoms with Gasteiger partial charge in [0.05, 0.1) is 0 Å². The Bertz CT molecular complexity index is 254. The second-order valence-electron chi connectivity index (χ2n) is 5.08. The molecule has 0 atom stereocenters. The molecule has 1 heterocycles. The lowest BCUT2D eigenvalue weighted by molar-refractivity contribution is 0.497. The van der Waals surface area contributed by atoms with Crippen LogP contribution in [0.3, 0.4) is 0 Å². The largest absolute Gasteiger partial charge is 0.348 e. The molecule has 90 valence electrons. The molecule has 0 unspecified atom stereocenters. The van der Waals surface area contributed by atoms with Crippen LogP contribution in [0.15, 0.2) is 12.4 Å². The maximum atomic E-state index is 4.43. The van der Waals surface area contributed by atoms with Crippen LogP contribution in [-0.2, 0) is 0 Å². The van der Waals surface area contributed by atoms with Crippen molar-refractivity contribution < 1.29 is 0 Å². The summed E-state index contributed by atoms with van der Waals surface area (Å²) in [5.41, 5.74) is 0. The number of nitrogens with one attached hydrogen (secondary N) is 1. The molecule has 1 saturated carbocycles. The smallest absolute Gasteiger partial charge is 0.109 e. The van der Waals surface area contributed by atoms with Crippen molar-refractivity contribution in [3.63, 3.8) is 0 Å². The van der Waals surface area contributed by atoms with Crippen LogP contribution in [-0.4, -0.2) is 9.97 Å². The van der Waals surface area contributed by atoms with E-state index < -0.39 is 0 Å². The summed E-state index contributed by atoms with van der Waals surface area (Å²) < 4.78 is 0. The third-order valence-corrected chi connectivity index (χ3v) is 3.76. The molecule has 1 aromatic heterocycles. The summed E-state index contributed by atoms with van der Waals surface area (Å²) >= 11 is 0. The number of imidazole rings is 1. The molecule has 0 aromatic carbocycles. The summed E-state index contributed by atoms with van der Waals surface area (Å²) in [6.45, 7) is 0. The second-order valence-corrected chi connectivity index (χ2v) is 5.08. The molecular formula is C14H24N2. The van der Waals surface area contributed by atoms with Crippen LogP contribution in [0.25, 0.3) is 0 Å². The van der Waals surface area contributed by atoms with Crippen molar-refractivity contribution in [3.05, 3.63) is 18.2 Å². The molecule has 0 amide bonds. The van der Waals surface area contributed by atoms with Gasteiger partial charge < -0.3 is 4.98 Å². The van der Waals surface area contributed by atoms with E-state index in [0.717, 1.165) is 0 Å². The van der Waals surface area contributed by atoms with E-state index in [9.17, 15) is 0 Å². The lowest BCUT2D eigenvalue weighted by Gasteiger charge is -2.13. The van der Waals surface area contributed by atoms with Gasteiger partial charge in [0.15, 0.2) is 0 Å². The van der Waals surface area contributed by atoms with Gasteiger partial charge in [0.1, 0.15) is 5.82 Å². The molecule has 2 rings (SSSR count). The fraction of sp³-hybridized carbons (Fsp3) is 0.786. The highest BCUT2D eigenvalue weighted by atomic mass is 14.9. The summed E-state index contributed by atoms with van der Waals surface area (Å²) in [6, 6.07) is 0. The SMILES string of the molecule is c1c[nH]c(C2CCCCCCCCCC2)n1. The minimum absolute atomic E-state index is 0.688. The Morgan fingerprint density at radius 2 is 1.44 bits per heavy atom. The highest BCUT2D eigenvalue weighted by molar-refractivity contribution is 4.96. The van der Waals surface area contributed by atoms with E-state index in [1.807, 2.05) is 12.4 Å². The molecule has 0 radical (unpaired) electrons. The Morgan fingerprint density at radius 1 is 0.875 bits per heavy atom. The molecule has 16 heavy (non-hydrogen) atoms. The summed E-state index contributed by atoms with van der Waals surface area (Å²) in [5.74, 6) is 1.91. The first-order chi connectivity index (χ1) is 7.97. The van der Waals surface area contributed by atoms with Crippen LogP contribution >= 0.6 is 0 Å². The Hall–Kier alpha value is -0.790. The molecule has 0 spiro atoms. The number of H-pyrrole nitrogens is 1. The molecule has 1 N–H and O–H groups in total. The summed E-state index contributed by atoms with van der Waals surface area (Å²) in [6.07, 6.45) is 17.9. The van der Waals surface area contributed by atoms with E-state index in [2.05, 4.69) is 9.97 Å². The normalized spacial score (nSPS) is 21.5. The number of aromatic nitrogens is 2. The van der Waals surface area contributed by atoms with E-state index in [1.165, 1.54) is 70.0 Å². The molecule has 1 fully saturated rings. The topological polar surface area (TPSA) is 28.7 Å². The number of aromatic amines is 1. The molecule has 1 aromatic rings. The average molecular weight is 220 g/mol. The van der Waals surface area contributed by atoms with Gasteiger partial charge in [-0.05, 0) is 12.8 Å². The zero-order valence-electron chi connectivity index (χ0n) is 10.3. The Balaban J connectivity index is 1.88. The highest BCUT2D eigenvalue weighted by Gasteiger charge is 2.13. The van der Waals surface area contributed by atoms with Crippen molar-refractivity contribution in [2.45, 2.75) is 70.1 Å². The zero-order chi connectivity index (χ0) is 11.1. The molecule has 0 saturated heterocycles. The van der Waals surface area contributed by atoms with E-state index in [1.54, 1.807) is 0 Å². The van der Waals surface area contributed by atoms with Crippen molar-refractivity contribution in [1.82, 2.24) is 9.97 Å². The molecule has 2 nitrogen and oxygen atoms in total. The monoisotopic (exact) mass is 220 g/mol. The van der Waals surface area contributed by atoms with Gasteiger partial charge in [0.25, 0.3) is 0 Å². The van der Waals surface area contributed by atoms with Gasteiger partial charge in [-0.2, -0.15) is 0 Å². The third kappa shape index (κ3) is 3.66. The second kappa shape index (κ2) is 6.72. The molecular weight excluding hydrogens is 196 g/mol. The maximum absolute atomic E-state index is 4.43. The highest BCUT2D eigenvalue weighted by Crippen LogP contribution is 2.27. The lowest BCUT2D eigenvalue weighted by atomic mass is 9.95. The van der Waals surface area contributed by atoms with E-state index in [-0.39, 0.29) is 0 Å². The van der Waals surface area contributed by atoms with Crippen molar-refractivity contribution in [3.8, 4) is 0 Å². The van der Waals surface area contributed by atoms with Crippen molar-refractivity contribution >= 4 is 0 Å². The van der Waals surface area contributed by atoms with Gasteiger partial charge in [-0.3, -0.25) is 0 Å². The van der Waals surface area contributed by atoms with Crippen molar-refractivity contribution in [2.24, 2.45) is 0 Å². The van der Waals surface area contributed by atoms with Gasteiger partial charge in [-0.25, -0.2) is 4.98 Å². The number of hydrogen-bond donors (Lipinski definition) is 1. The van der Waals surface area contributed by atoms with E-state index in [0.29, 0.717) is 5.92 Å². The number of nitrogens with zero attached hydrogens (tertiary/aromatic N) is 1. The molecule has 0 bridgehead atoms. The Kier molecular flexibility index (Phi) is 4.91. The minimum atomic E-state index is 0.688. The van der Waals surface area contributed by atoms with Crippen LogP contribution in [0.4, 0.5) is 0 Å². The third-order valence-electron chi connectivity index (χ3n) is 3.76. The van der Waals surface area contributed by atoms with E-state index in [4.69, 9.17) is 0 Å². The Labute approximate surface area is 98.9 Å². The Morgan fingerprint density at radius 3 is 1.94 bits per heavy atom. The van der Waals surface area contributed by atoms with Gasteiger partial charge in [0, 0.05) is 18.3 Å². The first-order valence-electron chi connectivity index (χ1n) is 6.96. The van der Waals surface area contributed by atoms with E-state index >= 15 is 0 Å². The minimum Gasteiger partial charge on any atom is -0.348 e. The lowest BCUT2D eigenvalue weighted by Crippen LogP contribution is -2.01. The van der Waals surface area contributed by atoms with Gasteiger partial charge >= 0.3 is 0 Å². The maximum Gasteiger partial charge on any atom is 0.109 e. The molecule has 2 heteroatoms. The number of rotatable bonds is 1. The fourth-order valence-electron chi connectivity index (χ4n) is 2.76. The molecule has 1 aliphatic carbocycles. The average Bonchev–Trinajstić information content (AvgIpc) is 2.79.